The van der Waals surface area contributed by atoms with E-state index in [0.717, 1.165) is 0 Å². The molecular formula is C12H17ClO2. The molecule has 0 spiro atoms. The predicted molar refractivity (Wildman–Crippen MR) is 61.8 cm³/mol. The van der Waals surface area contributed by atoms with Crippen LogP contribution in [0.1, 0.15) is 25.5 Å². The summed E-state index contributed by atoms with van der Waals surface area (Å²) in [4.78, 5) is 0. The van der Waals surface area contributed by atoms with E-state index in [4.69, 9.17) is 11.6 Å². The number of aliphatic hydroxyl groups excluding tert-OH is 2. The molecule has 2 N–H and O–H groups in total. The third-order valence-corrected chi connectivity index (χ3v) is 3.04. The second-order valence-electron chi connectivity index (χ2n) is 4.06. The highest BCUT2D eigenvalue weighted by molar-refractivity contribution is 6.31. The lowest BCUT2D eigenvalue weighted by molar-refractivity contribution is 0.0408. The molecule has 84 valence electrons. The first-order chi connectivity index (χ1) is 7.07. The van der Waals surface area contributed by atoms with E-state index in [2.05, 4.69) is 0 Å². The highest BCUT2D eigenvalue weighted by atomic mass is 35.5. The Bertz CT molecular complexity index is 312. The molecule has 2 atom stereocenters. The molecule has 0 radical (unpaired) electrons. The fraction of sp³-hybridized carbons (Fsp3) is 0.500. The fourth-order valence-electron chi connectivity index (χ4n) is 1.62. The van der Waals surface area contributed by atoms with Gasteiger partial charge < -0.3 is 10.2 Å². The van der Waals surface area contributed by atoms with Crippen LogP contribution >= 0.6 is 11.6 Å². The number of rotatable bonds is 4. The third kappa shape index (κ3) is 2.94. The third-order valence-electron chi connectivity index (χ3n) is 2.70. The molecule has 0 amide bonds. The lowest BCUT2D eigenvalue weighted by atomic mass is 9.87. The van der Waals surface area contributed by atoms with Crippen LogP contribution in [0.4, 0.5) is 0 Å². The summed E-state index contributed by atoms with van der Waals surface area (Å²) >= 11 is 5.98. The Morgan fingerprint density at radius 1 is 1.27 bits per heavy atom. The molecule has 0 unspecified atom stereocenters. The van der Waals surface area contributed by atoms with Gasteiger partial charge >= 0.3 is 0 Å². The first kappa shape index (κ1) is 12.5. The summed E-state index contributed by atoms with van der Waals surface area (Å²) in [6.45, 7) is 3.91. The molecule has 3 heteroatoms. The summed E-state index contributed by atoms with van der Waals surface area (Å²) in [7, 11) is 0. The van der Waals surface area contributed by atoms with Crippen molar-refractivity contribution >= 4 is 11.6 Å². The lowest BCUT2D eigenvalue weighted by Crippen LogP contribution is -2.22. The molecular weight excluding hydrogens is 212 g/mol. The van der Waals surface area contributed by atoms with E-state index in [1.165, 1.54) is 0 Å². The molecule has 0 saturated heterocycles. The van der Waals surface area contributed by atoms with Crippen LogP contribution < -0.4 is 0 Å². The quantitative estimate of drug-likeness (QED) is 0.832. The van der Waals surface area contributed by atoms with Crippen molar-refractivity contribution in [2.75, 3.05) is 6.61 Å². The Labute approximate surface area is 95.5 Å². The zero-order valence-corrected chi connectivity index (χ0v) is 9.78. The average molecular weight is 229 g/mol. The van der Waals surface area contributed by atoms with Gasteiger partial charge in [0, 0.05) is 17.5 Å². The summed E-state index contributed by atoms with van der Waals surface area (Å²) in [6, 6.07) is 7.19. The van der Waals surface area contributed by atoms with Gasteiger partial charge in [0.15, 0.2) is 0 Å². The van der Waals surface area contributed by atoms with Crippen LogP contribution in [-0.4, -0.2) is 16.8 Å². The Morgan fingerprint density at radius 3 is 2.33 bits per heavy atom. The normalized spacial score (nSPS) is 15.3. The molecule has 0 saturated carbocycles. The van der Waals surface area contributed by atoms with Gasteiger partial charge in [0.1, 0.15) is 0 Å². The molecule has 2 nitrogen and oxygen atoms in total. The van der Waals surface area contributed by atoms with Crippen molar-refractivity contribution in [1.82, 2.24) is 0 Å². The Morgan fingerprint density at radius 2 is 1.87 bits per heavy atom. The number of halogens is 1. The minimum atomic E-state index is -0.705. The van der Waals surface area contributed by atoms with E-state index >= 15 is 0 Å². The monoisotopic (exact) mass is 228 g/mol. The maximum atomic E-state index is 10.1. The van der Waals surface area contributed by atoms with E-state index in [-0.39, 0.29) is 18.4 Å². The van der Waals surface area contributed by atoms with Gasteiger partial charge in [0.2, 0.25) is 0 Å². The zero-order chi connectivity index (χ0) is 11.4. The molecule has 15 heavy (non-hydrogen) atoms. The molecule has 0 aliphatic rings. The number of benzene rings is 1. The Balaban J connectivity index is 2.92. The van der Waals surface area contributed by atoms with Gasteiger partial charge in [-0.1, -0.05) is 43.6 Å². The van der Waals surface area contributed by atoms with E-state index in [0.29, 0.717) is 10.6 Å². The van der Waals surface area contributed by atoms with Gasteiger partial charge in [-0.25, -0.2) is 0 Å². The maximum Gasteiger partial charge on any atom is 0.0856 e. The van der Waals surface area contributed by atoms with Gasteiger partial charge in [0.05, 0.1) is 6.10 Å². The number of hydrogen-bond acceptors (Lipinski definition) is 2. The lowest BCUT2D eigenvalue weighted by Gasteiger charge is -2.25. The summed E-state index contributed by atoms with van der Waals surface area (Å²) in [5.41, 5.74) is 0.687. The van der Waals surface area contributed by atoms with Crippen LogP contribution in [0, 0.1) is 11.8 Å². The minimum Gasteiger partial charge on any atom is -0.396 e. The van der Waals surface area contributed by atoms with Gasteiger partial charge in [0.25, 0.3) is 0 Å². The molecule has 0 heterocycles. The second kappa shape index (κ2) is 5.50. The smallest absolute Gasteiger partial charge is 0.0856 e. The van der Waals surface area contributed by atoms with E-state index < -0.39 is 6.10 Å². The number of hydrogen-bond donors (Lipinski definition) is 2. The summed E-state index contributed by atoms with van der Waals surface area (Å²) in [6.07, 6.45) is -0.705. The van der Waals surface area contributed by atoms with Crippen LogP contribution in [0.3, 0.4) is 0 Å². The molecule has 0 bridgehead atoms. The average Bonchev–Trinajstić information content (AvgIpc) is 2.18. The molecule has 1 rings (SSSR count). The van der Waals surface area contributed by atoms with Crippen molar-refractivity contribution in [2.24, 2.45) is 11.8 Å². The van der Waals surface area contributed by atoms with Crippen molar-refractivity contribution < 1.29 is 10.2 Å². The van der Waals surface area contributed by atoms with E-state index in [1.54, 1.807) is 12.1 Å². The maximum absolute atomic E-state index is 10.1. The topological polar surface area (TPSA) is 40.5 Å². The summed E-state index contributed by atoms with van der Waals surface area (Å²) in [5, 5.41) is 19.8. The molecule has 0 aliphatic carbocycles. The molecule has 0 fully saturated rings. The fourth-order valence-corrected chi connectivity index (χ4v) is 1.87. The second-order valence-corrected chi connectivity index (χ2v) is 4.46. The minimum absolute atomic E-state index is 0.0376. The molecule has 0 aliphatic heterocycles. The highest BCUT2D eigenvalue weighted by Crippen LogP contribution is 2.31. The Hall–Kier alpha value is -0.570. The summed E-state index contributed by atoms with van der Waals surface area (Å²) < 4.78 is 0. The SMILES string of the molecule is CC(C)[C@H](CO)[C@@H](O)c1ccccc1Cl. The standard InChI is InChI=1S/C12H17ClO2/c1-8(2)10(7-14)12(15)9-5-3-4-6-11(9)13/h3-6,8,10,12,14-15H,7H2,1-2H3/t10-,12-/m0/s1. The Kier molecular flexibility index (Phi) is 4.58. The van der Waals surface area contributed by atoms with Crippen LogP contribution in [-0.2, 0) is 0 Å². The highest BCUT2D eigenvalue weighted by Gasteiger charge is 2.24. The van der Waals surface area contributed by atoms with Crippen LogP contribution in [0.15, 0.2) is 24.3 Å². The first-order valence-corrected chi connectivity index (χ1v) is 5.49. The van der Waals surface area contributed by atoms with Crippen LogP contribution in [0.2, 0.25) is 5.02 Å². The molecule has 1 aromatic rings. The van der Waals surface area contributed by atoms with Crippen molar-refractivity contribution in [1.29, 1.82) is 0 Å². The molecule has 0 aromatic heterocycles. The van der Waals surface area contributed by atoms with Crippen LogP contribution in [0.25, 0.3) is 0 Å². The predicted octanol–water partition coefficient (Wildman–Crippen LogP) is 2.64. The summed E-state index contributed by atoms with van der Waals surface area (Å²) in [5.74, 6) is 0.0335. The van der Waals surface area contributed by atoms with Crippen LogP contribution in [0.5, 0.6) is 0 Å². The zero-order valence-electron chi connectivity index (χ0n) is 9.02. The molecule has 1 aromatic carbocycles. The van der Waals surface area contributed by atoms with Gasteiger partial charge in [-0.05, 0) is 17.5 Å². The number of aliphatic hydroxyl groups is 2. The van der Waals surface area contributed by atoms with Gasteiger partial charge in [-0.15, -0.1) is 0 Å². The van der Waals surface area contributed by atoms with Gasteiger partial charge in [-0.2, -0.15) is 0 Å². The van der Waals surface area contributed by atoms with Crippen molar-refractivity contribution in [3.63, 3.8) is 0 Å². The van der Waals surface area contributed by atoms with Gasteiger partial charge in [-0.3, -0.25) is 0 Å². The first-order valence-electron chi connectivity index (χ1n) is 5.11. The largest absolute Gasteiger partial charge is 0.396 e. The van der Waals surface area contributed by atoms with Crippen molar-refractivity contribution in [3.05, 3.63) is 34.9 Å². The van der Waals surface area contributed by atoms with Crippen molar-refractivity contribution in [2.45, 2.75) is 20.0 Å². The van der Waals surface area contributed by atoms with E-state index in [9.17, 15) is 10.2 Å². The van der Waals surface area contributed by atoms with E-state index in [1.807, 2.05) is 26.0 Å². The van der Waals surface area contributed by atoms with Crippen molar-refractivity contribution in [3.8, 4) is 0 Å².